The van der Waals surface area contributed by atoms with Crippen molar-refractivity contribution in [3.05, 3.63) is 0 Å². The Morgan fingerprint density at radius 3 is 2.63 bits per heavy atom. The van der Waals surface area contributed by atoms with Gasteiger partial charge in [-0.15, -0.1) is 0 Å². The summed E-state index contributed by atoms with van der Waals surface area (Å²) >= 11 is 4.47. The highest BCUT2D eigenvalue weighted by Gasteiger charge is 2.43. The molecule has 1 fully saturated rings. The molecule has 0 saturated carbocycles. The van der Waals surface area contributed by atoms with Crippen molar-refractivity contribution in [2.75, 3.05) is 13.1 Å². The summed E-state index contributed by atoms with van der Waals surface area (Å²) in [5.41, 5.74) is 5.15. The Labute approximate surface area is 116 Å². The van der Waals surface area contributed by atoms with Gasteiger partial charge in [0.15, 0.2) is 0 Å². The van der Waals surface area contributed by atoms with Crippen LogP contribution in [0.15, 0.2) is 0 Å². The van der Waals surface area contributed by atoms with Crippen LogP contribution in [0.3, 0.4) is 0 Å². The van der Waals surface area contributed by atoms with E-state index >= 15 is 0 Å². The molecule has 1 heterocycles. The molecule has 0 radical (unpaired) electrons. The summed E-state index contributed by atoms with van der Waals surface area (Å²) in [7, 11) is 0. The number of likely N-dealkylation sites (tertiary alicyclic amines) is 1. The van der Waals surface area contributed by atoms with Crippen LogP contribution in [0.25, 0.3) is 0 Å². The van der Waals surface area contributed by atoms with Crippen LogP contribution in [0.5, 0.6) is 0 Å². The molecule has 0 aromatic carbocycles. The number of nitrogens with two attached hydrogens (primary N) is 1. The highest BCUT2D eigenvalue weighted by atomic mass is 32.1. The number of amides is 1. The van der Waals surface area contributed by atoms with Crippen molar-refractivity contribution in [2.24, 2.45) is 17.6 Å². The fourth-order valence-corrected chi connectivity index (χ4v) is 2.48. The van der Waals surface area contributed by atoms with Crippen LogP contribution in [0.4, 0.5) is 13.2 Å². The Bertz CT molecular complexity index is 346. The smallest absolute Gasteiger partial charge is 0.393 e. The topological polar surface area (TPSA) is 46.3 Å². The van der Waals surface area contributed by atoms with Crippen LogP contribution in [0.1, 0.15) is 32.6 Å². The van der Waals surface area contributed by atoms with Gasteiger partial charge in [0.2, 0.25) is 5.91 Å². The third kappa shape index (κ3) is 4.63. The molecule has 2 atom stereocenters. The van der Waals surface area contributed by atoms with Gasteiger partial charge in [0.25, 0.3) is 0 Å². The molecule has 2 N–H and O–H groups in total. The molecule has 7 heteroatoms. The van der Waals surface area contributed by atoms with Gasteiger partial charge in [-0.05, 0) is 18.8 Å². The Morgan fingerprint density at radius 2 is 2.16 bits per heavy atom. The van der Waals surface area contributed by atoms with Crippen molar-refractivity contribution in [3.63, 3.8) is 0 Å². The van der Waals surface area contributed by atoms with Gasteiger partial charge in [-0.3, -0.25) is 4.79 Å². The standard InChI is InChI=1S/C12H19F3N2OS/c1-2-8-3-4-10(18)17(6-5-8)7-9(11(16)19)12(13,14)15/h8-9H,2-7H2,1H3,(H2,16,19). The van der Waals surface area contributed by atoms with Gasteiger partial charge in [-0.2, -0.15) is 13.2 Å². The van der Waals surface area contributed by atoms with Gasteiger partial charge in [0.05, 0.1) is 4.99 Å². The van der Waals surface area contributed by atoms with Gasteiger partial charge in [0, 0.05) is 19.5 Å². The van der Waals surface area contributed by atoms with Crippen LogP contribution in [0.2, 0.25) is 0 Å². The second kappa shape index (κ2) is 6.54. The van der Waals surface area contributed by atoms with E-state index in [1.54, 1.807) is 0 Å². The van der Waals surface area contributed by atoms with Gasteiger partial charge in [0.1, 0.15) is 5.92 Å². The largest absolute Gasteiger partial charge is 0.399 e. The van der Waals surface area contributed by atoms with E-state index in [0.29, 0.717) is 18.9 Å². The molecular weight excluding hydrogens is 277 g/mol. The van der Waals surface area contributed by atoms with E-state index in [0.717, 1.165) is 19.3 Å². The summed E-state index contributed by atoms with van der Waals surface area (Å²) in [5, 5.41) is 0. The number of rotatable bonds is 4. The maximum absolute atomic E-state index is 12.8. The lowest BCUT2D eigenvalue weighted by molar-refractivity contribution is -0.162. The Hall–Kier alpha value is -0.850. The molecule has 0 bridgehead atoms. The highest BCUT2D eigenvalue weighted by Crippen LogP contribution is 2.29. The molecule has 2 unspecified atom stereocenters. The number of hydrogen-bond acceptors (Lipinski definition) is 2. The van der Waals surface area contributed by atoms with E-state index in [-0.39, 0.29) is 5.91 Å². The molecule has 1 amide bonds. The van der Waals surface area contributed by atoms with Crippen LogP contribution >= 0.6 is 12.2 Å². The third-order valence-electron chi connectivity index (χ3n) is 3.65. The molecule has 3 nitrogen and oxygen atoms in total. The average Bonchev–Trinajstić information content (AvgIpc) is 2.46. The molecule has 1 saturated heterocycles. The SMILES string of the molecule is CCC1CCC(=O)N(CC(C(N)=S)C(F)(F)F)CC1. The summed E-state index contributed by atoms with van der Waals surface area (Å²) in [4.78, 5) is 12.5. The van der Waals surface area contributed by atoms with Crippen LogP contribution < -0.4 is 5.73 Å². The first-order chi connectivity index (χ1) is 8.75. The molecule has 0 aromatic rings. The van der Waals surface area contributed by atoms with Crippen molar-refractivity contribution >= 4 is 23.1 Å². The minimum Gasteiger partial charge on any atom is -0.393 e. The fraction of sp³-hybridized carbons (Fsp3) is 0.833. The maximum atomic E-state index is 12.8. The monoisotopic (exact) mass is 296 g/mol. The van der Waals surface area contributed by atoms with E-state index < -0.39 is 23.6 Å². The number of carbonyl (C=O) groups excluding carboxylic acids is 1. The van der Waals surface area contributed by atoms with Gasteiger partial charge in [-0.25, -0.2) is 0 Å². The van der Waals surface area contributed by atoms with Crippen molar-refractivity contribution in [1.82, 2.24) is 4.90 Å². The van der Waals surface area contributed by atoms with E-state index in [1.807, 2.05) is 6.92 Å². The van der Waals surface area contributed by atoms with Gasteiger partial charge < -0.3 is 10.6 Å². The van der Waals surface area contributed by atoms with Crippen molar-refractivity contribution in [1.29, 1.82) is 0 Å². The summed E-state index contributed by atoms with van der Waals surface area (Å²) < 4.78 is 38.4. The van der Waals surface area contributed by atoms with E-state index in [1.165, 1.54) is 4.90 Å². The zero-order valence-electron chi connectivity index (χ0n) is 10.9. The lowest BCUT2D eigenvalue weighted by Gasteiger charge is -2.27. The number of nitrogens with zero attached hydrogens (tertiary/aromatic N) is 1. The first kappa shape index (κ1) is 16.2. The molecule has 110 valence electrons. The second-order valence-electron chi connectivity index (χ2n) is 4.94. The predicted octanol–water partition coefficient (Wildman–Crippen LogP) is 2.49. The molecule has 0 aliphatic carbocycles. The Morgan fingerprint density at radius 1 is 1.53 bits per heavy atom. The van der Waals surface area contributed by atoms with Crippen LogP contribution in [-0.4, -0.2) is 35.1 Å². The predicted molar refractivity (Wildman–Crippen MR) is 70.5 cm³/mol. The number of hydrogen-bond donors (Lipinski definition) is 1. The van der Waals surface area contributed by atoms with E-state index in [4.69, 9.17) is 5.73 Å². The molecule has 19 heavy (non-hydrogen) atoms. The van der Waals surface area contributed by atoms with E-state index in [2.05, 4.69) is 12.2 Å². The Balaban J connectivity index is 2.73. The number of halogens is 3. The summed E-state index contributed by atoms with van der Waals surface area (Å²) in [6, 6.07) is 0. The lowest BCUT2D eigenvalue weighted by atomic mass is 9.98. The zero-order chi connectivity index (χ0) is 14.6. The second-order valence-corrected chi connectivity index (χ2v) is 5.41. The minimum absolute atomic E-state index is 0.235. The molecular formula is C12H19F3N2OS. The maximum Gasteiger partial charge on any atom is 0.399 e. The van der Waals surface area contributed by atoms with E-state index in [9.17, 15) is 18.0 Å². The molecule has 1 rings (SSSR count). The van der Waals surface area contributed by atoms with Crippen LogP contribution in [0, 0.1) is 11.8 Å². The number of alkyl halides is 3. The summed E-state index contributed by atoms with van der Waals surface area (Å²) in [6.07, 6.45) is -1.76. The highest BCUT2D eigenvalue weighted by molar-refractivity contribution is 7.80. The first-order valence-electron chi connectivity index (χ1n) is 6.39. The molecule has 1 aliphatic heterocycles. The average molecular weight is 296 g/mol. The number of thiocarbonyl (C=S) groups is 1. The van der Waals surface area contributed by atoms with Crippen LogP contribution in [-0.2, 0) is 4.79 Å². The fourth-order valence-electron chi connectivity index (χ4n) is 2.27. The van der Waals surface area contributed by atoms with Gasteiger partial charge in [-0.1, -0.05) is 25.6 Å². The summed E-state index contributed by atoms with van der Waals surface area (Å²) in [5.74, 6) is -1.74. The van der Waals surface area contributed by atoms with Gasteiger partial charge >= 0.3 is 6.18 Å². The molecule has 0 aromatic heterocycles. The van der Waals surface area contributed by atoms with Crippen molar-refractivity contribution < 1.29 is 18.0 Å². The quantitative estimate of drug-likeness (QED) is 0.811. The Kier molecular flexibility index (Phi) is 5.58. The molecule has 0 spiro atoms. The normalized spacial score (nSPS) is 23.1. The zero-order valence-corrected chi connectivity index (χ0v) is 11.7. The first-order valence-corrected chi connectivity index (χ1v) is 6.80. The lowest BCUT2D eigenvalue weighted by Crippen LogP contribution is -2.45. The minimum atomic E-state index is -4.50. The molecule has 1 aliphatic rings. The summed E-state index contributed by atoms with van der Waals surface area (Å²) in [6.45, 7) is 1.93. The van der Waals surface area contributed by atoms with Crippen molar-refractivity contribution in [2.45, 2.75) is 38.8 Å². The third-order valence-corrected chi connectivity index (χ3v) is 3.93. The van der Waals surface area contributed by atoms with Crippen molar-refractivity contribution in [3.8, 4) is 0 Å². The number of carbonyl (C=O) groups is 1.